The second-order valence-corrected chi connectivity index (χ2v) is 5.36. The Morgan fingerprint density at radius 3 is 2.85 bits per heavy atom. The molecule has 1 aromatic carbocycles. The van der Waals surface area contributed by atoms with E-state index in [-0.39, 0.29) is 29.9 Å². The highest BCUT2D eigenvalue weighted by Crippen LogP contribution is 2.25. The Balaban J connectivity index is 0.00000200. The minimum atomic E-state index is -0.415. The SMILES string of the molecule is Cc1cccc(C(=O)N2CCCC(C)C2CN)c1F.Cl. The molecule has 2 rings (SSSR count). The van der Waals surface area contributed by atoms with Gasteiger partial charge in [-0.2, -0.15) is 0 Å². The van der Waals surface area contributed by atoms with E-state index >= 15 is 0 Å². The maximum absolute atomic E-state index is 14.1. The number of nitrogens with two attached hydrogens (primary N) is 1. The molecule has 1 fully saturated rings. The molecule has 0 spiro atoms. The van der Waals surface area contributed by atoms with Gasteiger partial charge in [0.05, 0.1) is 5.56 Å². The predicted octanol–water partition coefficient (Wildman–Crippen LogP) is 2.76. The summed E-state index contributed by atoms with van der Waals surface area (Å²) in [7, 11) is 0. The summed E-state index contributed by atoms with van der Waals surface area (Å²) in [5, 5.41) is 0. The van der Waals surface area contributed by atoms with E-state index in [1.807, 2.05) is 0 Å². The van der Waals surface area contributed by atoms with Crippen LogP contribution < -0.4 is 5.73 Å². The summed E-state index contributed by atoms with van der Waals surface area (Å²) >= 11 is 0. The minimum Gasteiger partial charge on any atom is -0.334 e. The Labute approximate surface area is 125 Å². The molecule has 0 saturated carbocycles. The highest BCUT2D eigenvalue weighted by atomic mass is 35.5. The Morgan fingerprint density at radius 2 is 2.20 bits per heavy atom. The fourth-order valence-corrected chi connectivity index (χ4v) is 2.83. The van der Waals surface area contributed by atoms with E-state index in [0.29, 0.717) is 24.6 Å². The van der Waals surface area contributed by atoms with Crippen LogP contribution >= 0.6 is 12.4 Å². The number of carbonyl (C=O) groups is 1. The third-order valence-electron chi connectivity index (χ3n) is 4.04. The van der Waals surface area contributed by atoms with Crippen LogP contribution in [0.2, 0.25) is 0 Å². The highest BCUT2D eigenvalue weighted by molar-refractivity contribution is 5.95. The second kappa shape index (κ2) is 7.04. The van der Waals surface area contributed by atoms with Gasteiger partial charge in [0, 0.05) is 19.1 Å². The van der Waals surface area contributed by atoms with Crippen LogP contribution in [0, 0.1) is 18.7 Å². The summed E-state index contributed by atoms with van der Waals surface area (Å²) in [5.74, 6) is -0.278. The molecule has 1 aliphatic rings. The molecular weight excluding hydrogens is 279 g/mol. The van der Waals surface area contributed by atoms with Crippen molar-refractivity contribution in [3.63, 3.8) is 0 Å². The van der Waals surface area contributed by atoms with Gasteiger partial charge in [-0.25, -0.2) is 4.39 Å². The molecule has 1 amide bonds. The quantitative estimate of drug-likeness (QED) is 0.913. The summed E-state index contributed by atoms with van der Waals surface area (Å²) in [6.45, 7) is 4.87. The van der Waals surface area contributed by atoms with Crippen LogP contribution in [0.4, 0.5) is 4.39 Å². The lowest BCUT2D eigenvalue weighted by Gasteiger charge is -2.39. The molecule has 1 saturated heterocycles. The number of hydrogen-bond donors (Lipinski definition) is 1. The van der Waals surface area contributed by atoms with Crippen LogP contribution in [-0.2, 0) is 0 Å². The monoisotopic (exact) mass is 300 g/mol. The van der Waals surface area contributed by atoms with Crippen molar-refractivity contribution in [3.8, 4) is 0 Å². The molecule has 3 nitrogen and oxygen atoms in total. The molecular formula is C15H22ClFN2O. The van der Waals surface area contributed by atoms with Crippen LogP contribution in [0.5, 0.6) is 0 Å². The zero-order valence-corrected chi connectivity index (χ0v) is 12.8. The zero-order chi connectivity index (χ0) is 14.0. The van der Waals surface area contributed by atoms with Crippen molar-refractivity contribution >= 4 is 18.3 Å². The molecule has 1 aliphatic heterocycles. The normalized spacial score (nSPS) is 22.3. The third kappa shape index (κ3) is 3.13. The lowest BCUT2D eigenvalue weighted by atomic mass is 9.90. The van der Waals surface area contributed by atoms with Crippen LogP contribution in [0.3, 0.4) is 0 Å². The largest absolute Gasteiger partial charge is 0.334 e. The first kappa shape index (κ1) is 16.9. The summed E-state index contributed by atoms with van der Waals surface area (Å²) < 4.78 is 14.1. The van der Waals surface area contributed by atoms with E-state index in [1.165, 1.54) is 0 Å². The minimum absolute atomic E-state index is 0. The molecule has 1 aromatic rings. The number of hydrogen-bond acceptors (Lipinski definition) is 2. The van der Waals surface area contributed by atoms with Crippen LogP contribution in [0.1, 0.15) is 35.7 Å². The summed E-state index contributed by atoms with van der Waals surface area (Å²) in [6, 6.07) is 4.96. The fourth-order valence-electron chi connectivity index (χ4n) is 2.83. The Morgan fingerprint density at radius 1 is 1.50 bits per heavy atom. The molecule has 0 aromatic heterocycles. The first-order chi connectivity index (χ1) is 9.06. The lowest BCUT2D eigenvalue weighted by molar-refractivity contribution is 0.0527. The second-order valence-electron chi connectivity index (χ2n) is 5.36. The van der Waals surface area contributed by atoms with E-state index < -0.39 is 5.82 Å². The Kier molecular flexibility index (Phi) is 5.96. The summed E-state index contributed by atoms with van der Waals surface area (Å²) in [5.41, 5.74) is 6.44. The number of rotatable bonds is 2. The Bertz CT molecular complexity index is 481. The van der Waals surface area contributed by atoms with Gasteiger partial charge in [0.25, 0.3) is 5.91 Å². The standard InChI is InChI=1S/C15H21FN2O.ClH/c1-10-6-4-8-18(13(10)9-17)15(19)12-7-3-5-11(2)14(12)16;/h3,5,7,10,13H,4,6,8-9,17H2,1-2H3;1H. The number of nitrogens with zero attached hydrogens (tertiary/aromatic N) is 1. The molecule has 20 heavy (non-hydrogen) atoms. The van der Waals surface area contributed by atoms with Crippen molar-refractivity contribution in [1.29, 1.82) is 0 Å². The number of aryl methyl sites for hydroxylation is 1. The zero-order valence-electron chi connectivity index (χ0n) is 11.9. The van der Waals surface area contributed by atoms with Crippen molar-refractivity contribution in [2.45, 2.75) is 32.7 Å². The predicted molar refractivity (Wildman–Crippen MR) is 80.7 cm³/mol. The average Bonchev–Trinajstić information content (AvgIpc) is 2.41. The topological polar surface area (TPSA) is 46.3 Å². The summed E-state index contributed by atoms with van der Waals surface area (Å²) in [6.07, 6.45) is 2.03. The number of halogens is 2. The van der Waals surface area contributed by atoms with Crippen LogP contribution in [-0.4, -0.2) is 29.9 Å². The molecule has 0 bridgehead atoms. The highest BCUT2D eigenvalue weighted by Gasteiger charge is 2.32. The molecule has 2 N–H and O–H groups in total. The van der Waals surface area contributed by atoms with E-state index in [0.717, 1.165) is 12.8 Å². The van der Waals surface area contributed by atoms with Crippen LogP contribution in [0.25, 0.3) is 0 Å². The molecule has 5 heteroatoms. The lowest BCUT2D eigenvalue weighted by Crippen LogP contribution is -2.51. The fraction of sp³-hybridized carbons (Fsp3) is 0.533. The van der Waals surface area contributed by atoms with Gasteiger partial charge in [-0.3, -0.25) is 4.79 Å². The number of amides is 1. The van der Waals surface area contributed by atoms with E-state index in [2.05, 4.69) is 6.92 Å². The first-order valence-corrected chi connectivity index (χ1v) is 6.82. The van der Waals surface area contributed by atoms with Gasteiger partial charge in [-0.1, -0.05) is 19.1 Å². The van der Waals surface area contributed by atoms with Gasteiger partial charge in [-0.05, 0) is 37.3 Å². The first-order valence-electron chi connectivity index (χ1n) is 6.82. The number of piperidine rings is 1. The van der Waals surface area contributed by atoms with Crippen molar-refractivity contribution in [2.24, 2.45) is 11.7 Å². The smallest absolute Gasteiger partial charge is 0.257 e. The van der Waals surface area contributed by atoms with Gasteiger partial charge < -0.3 is 10.6 Å². The van der Waals surface area contributed by atoms with Crippen molar-refractivity contribution in [2.75, 3.05) is 13.1 Å². The Hall–Kier alpha value is -1.13. The molecule has 0 radical (unpaired) electrons. The van der Waals surface area contributed by atoms with Crippen molar-refractivity contribution < 1.29 is 9.18 Å². The van der Waals surface area contributed by atoms with Crippen molar-refractivity contribution in [1.82, 2.24) is 4.90 Å². The third-order valence-corrected chi connectivity index (χ3v) is 4.04. The van der Waals surface area contributed by atoms with Gasteiger partial charge in [0.2, 0.25) is 0 Å². The molecule has 0 aliphatic carbocycles. The number of benzene rings is 1. The van der Waals surface area contributed by atoms with Gasteiger partial charge >= 0.3 is 0 Å². The van der Waals surface area contributed by atoms with Gasteiger partial charge in [0.15, 0.2) is 0 Å². The molecule has 2 atom stereocenters. The van der Waals surface area contributed by atoms with Crippen LogP contribution in [0.15, 0.2) is 18.2 Å². The number of likely N-dealkylation sites (tertiary alicyclic amines) is 1. The summed E-state index contributed by atoms with van der Waals surface area (Å²) in [4.78, 5) is 14.3. The number of carbonyl (C=O) groups excluding carboxylic acids is 1. The molecule has 2 unspecified atom stereocenters. The van der Waals surface area contributed by atoms with E-state index in [9.17, 15) is 9.18 Å². The van der Waals surface area contributed by atoms with Gasteiger partial charge in [-0.15, -0.1) is 12.4 Å². The maximum atomic E-state index is 14.1. The van der Waals surface area contributed by atoms with E-state index in [1.54, 1.807) is 30.0 Å². The molecule has 112 valence electrons. The maximum Gasteiger partial charge on any atom is 0.257 e. The van der Waals surface area contributed by atoms with Gasteiger partial charge in [0.1, 0.15) is 5.82 Å². The molecule has 1 heterocycles. The van der Waals surface area contributed by atoms with E-state index in [4.69, 9.17) is 5.73 Å². The van der Waals surface area contributed by atoms with Crippen molar-refractivity contribution in [3.05, 3.63) is 35.1 Å². The average molecular weight is 301 g/mol.